The first-order valence-electron chi connectivity index (χ1n) is 16.6. The molecule has 1 aliphatic carbocycles. The number of hydrogen-bond donors (Lipinski definition) is 0. The van der Waals surface area contributed by atoms with Crippen molar-refractivity contribution in [3.8, 4) is 0 Å². The zero-order chi connectivity index (χ0) is 33.9. The van der Waals surface area contributed by atoms with Gasteiger partial charge in [0.05, 0.1) is 0 Å². The number of allylic oxidation sites excluding steroid dienone is 4. The first kappa shape index (κ1) is 41.7. The third kappa shape index (κ3) is 10.8. The van der Waals surface area contributed by atoms with E-state index in [-0.39, 0.29) is 41.1 Å². The first-order chi connectivity index (χ1) is 21.5. The van der Waals surface area contributed by atoms with E-state index in [0.29, 0.717) is 5.92 Å². The van der Waals surface area contributed by atoms with Crippen LogP contribution in [0.2, 0.25) is 0 Å². The molecule has 0 amide bonds. The number of rotatable bonds is 2. The van der Waals surface area contributed by atoms with Crippen LogP contribution in [0.4, 0.5) is 0 Å². The molecule has 48 heavy (non-hydrogen) atoms. The molecule has 0 nitrogen and oxygen atoms in total. The smallest absolute Gasteiger partial charge is 0.0145 e. The van der Waals surface area contributed by atoms with Crippen LogP contribution in [0.1, 0.15) is 104 Å². The van der Waals surface area contributed by atoms with Gasteiger partial charge < -0.3 is 24.8 Å². The average molecular weight is 755 g/mol. The van der Waals surface area contributed by atoms with Gasteiger partial charge in [0, 0.05) is 0 Å². The van der Waals surface area contributed by atoms with Gasteiger partial charge in [-0.25, -0.2) is 5.57 Å². The van der Waals surface area contributed by atoms with Gasteiger partial charge in [-0.15, -0.1) is 45.3 Å². The van der Waals surface area contributed by atoms with Crippen molar-refractivity contribution in [2.45, 2.75) is 92.4 Å². The predicted octanol–water partition coefficient (Wildman–Crippen LogP) is 6.47. The Hall–Kier alpha value is -2.44. The first-order valence-corrected chi connectivity index (χ1v) is 18.0. The summed E-state index contributed by atoms with van der Waals surface area (Å²) in [5.41, 5.74) is 10.1. The van der Waals surface area contributed by atoms with Gasteiger partial charge in [-0.2, -0.15) is 11.6 Å². The van der Waals surface area contributed by atoms with Gasteiger partial charge >= 0.3 is 89.5 Å². The molecule has 0 N–H and O–H groups in total. The Balaban J connectivity index is 0.000000259. The minimum atomic E-state index is 0. The summed E-state index contributed by atoms with van der Waals surface area (Å²) in [7, 11) is 0. The summed E-state index contributed by atoms with van der Waals surface area (Å²) in [6, 6.07) is 35.5. The molecule has 0 aromatic heterocycles. The van der Waals surface area contributed by atoms with Gasteiger partial charge in [0.25, 0.3) is 0 Å². The van der Waals surface area contributed by atoms with E-state index in [1.807, 2.05) is 6.07 Å². The molecule has 5 aromatic rings. The van der Waals surface area contributed by atoms with Crippen molar-refractivity contribution in [1.29, 1.82) is 0 Å². The van der Waals surface area contributed by atoms with E-state index in [1.54, 1.807) is 0 Å². The molecule has 0 heterocycles. The molecule has 5 aromatic carbocycles. The molecule has 1 atom stereocenters. The predicted molar refractivity (Wildman–Crippen MR) is 201 cm³/mol. The Morgan fingerprint density at radius 2 is 1.06 bits per heavy atom. The number of benzene rings is 4. The van der Waals surface area contributed by atoms with Crippen molar-refractivity contribution in [2.75, 3.05) is 0 Å². The van der Waals surface area contributed by atoms with Crippen LogP contribution >= 0.6 is 0 Å². The normalized spacial score (nSPS) is 14.4. The quantitative estimate of drug-likeness (QED) is 0.182. The van der Waals surface area contributed by atoms with Crippen LogP contribution in [0.5, 0.6) is 0 Å². The Kier molecular flexibility index (Phi) is 14.8. The summed E-state index contributed by atoms with van der Waals surface area (Å²) in [5, 5.41) is 5.49. The Morgan fingerprint density at radius 3 is 1.44 bits per heavy atom. The van der Waals surface area contributed by atoms with Crippen molar-refractivity contribution < 1.29 is 49.0 Å². The van der Waals surface area contributed by atoms with E-state index >= 15 is 0 Å². The van der Waals surface area contributed by atoms with Crippen molar-refractivity contribution in [3.63, 3.8) is 0 Å². The zero-order valence-corrected chi connectivity index (χ0v) is 34.7. The maximum Gasteiger partial charge on any atom is -0.0145 e. The molecule has 0 radical (unpaired) electrons. The van der Waals surface area contributed by atoms with Crippen LogP contribution in [-0.2, 0) is 40.5 Å². The topological polar surface area (TPSA) is 0 Å². The zero-order valence-electron chi connectivity index (χ0n) is 30.7. The van der Waals surface area contributed by atoms with Gasteiger partial charge in [-0.3, -0.25) is 6.08 Å². The maximum absolute atomic E-state index is 3.39. The molecule has 0 aliphatic heterocycles. The second-order valence-electron chi connectivity index (χ2n) is 15.8. The molecule has 0 spiro atoms. The summed E-state index contributed by atoms with van der Waals surface area (Å²) in [4.78, 5) is 0. The molecule has 0 saturated carbocycles. The number of halogens is 2. The third-order valence-electron chi connectivity index (χ3n) is 8.73. The summed E-state index contributed by atoms with van der Waals surface area (Å²) < 4.78 is 2.21. The molecule has 0 saturated heterocycles. The van der Waals surface area contributed by atoms with E-state index in [2.05, 4.69) is 183 Å². The fourth-order valence-electron chi connectivity index (χ4n) is 5.78. The standard InChI is InChI=1S/C21H25.C13H13.C11H14.2ClH.Zr/c1-20(2,3)16-9-7-14-11-15-8-10-17(21(4,5)6)13-19(15)18(14)12-16;1-10-8-11(2)13(9-10)12-6-4-3-5-7-12;1-9-5-7-10(8-6-9)11(2,3)4;;;/h7-13H,1-6H3;3-7,9-10H,1-2H3;1,5-8H,2-4H3;2*1H;/q2*-1;;;;+2/p-2. The Labute approximate surface area is 318 Å². The second-order valence-corrected chi connectivity index (χ2v) is 16.5. The van der Waals surface area contributed by atoms with E-state index in [9.17, 15) is 0 Å². The fourth-order valence-corrected chi connectivity index (χ4v) is 6.25. The van der Waals surface area contributed by atoms with Gasteiger partial charge in [0.1, 0.15) is 0 Å². The van der Waals surface area contributed by atoms with Crippen LogP contribution in [0.3, 0.4) is 0 Å². The van der Waals surface area contributed by atoms with Crippen molar-refractivity contribution in [3.05, 3.63) is 143 Å². The molecule has 6 rings (SSSR count). The monoisotopic (exact) mass is 752 g/mol. The van der Waals surface area contributed by atoms with Crippen molar-refractivity contribution in [2.24, 2.45) is 5.92 Å². The molecule has 1 aliphatic rings. The molecule has 0 fully saturated rings. The molecule has 252 valence electrons. The number of fused-ring (bicyclic) bond motifs is 3. The van der Waals surface area contributed by atoms with Crippen LogP contribution in [0.25, 0.3) is 27.1 Å². The summed E-state index contributed by atoms with van der Waals surface area (Å²) in [6.07, 6.45) is 5.66. The van der Waals surface area contributed by atoms with Crippen LogP contribution in [0.15, 0.2) is 109 Å². The van der Waals surface area contributed by atoms with E-state index in [4.69, 9.17) is 0 Å². The molecule has 1 unspecified atom stereocenters. The van der Waals surface area contributed by atoms with Gasteiger partial charge in [0.2, 0.25) is 0 Å². The van der Waals surface area contributed by atoms with E-state index in [1.165, 1.54) is 84.7 Å². The fraction of sp³-hybridized carbons (Fsp3) is 0.333. The maximum atomic E-state index is 3.39. The van der Waals surface area contributed by atoms with Gasteiger partial charge in [-0.05, 0) is 10.8 Å². The van der Waals surface area contributed by atoms with E-state index in [0.717, 1.165) is 0 Å². The van der Waals surface area contributed by atoms with Crippen molar-refractivity contribution >= 4 is 30.8 Å². The Bertz CT molecular complexity index is 1780. The minimum absolute atomic E-state index is 0. The van der Waals surface area contributed by atoms with Crippen LogP contribution in [0, 0.1) is 12.0 Å². The average Bonchev–Trinajstić information content (AvgIpc) is 3.54. The summed E-state index contributed by atoms with van der Waals surface area (Å²) >= 11 is 1.46. The molecular formula is C45H52Cl2Zr-2. The van der Waals surface area contributed by atoms with Gasteiger partial charge in [0.15, 0.2) is 0 Å². The Morgan fingerprint density at radius 1 is 0.625 bits per heavy atom. The van der Waals surface area contributed by atoms with E-state index < -0.39 is 0 Å². The van der Waals surface area contributed by atoms with Crippen LogP contribution in [-0.4, -0.2) is 3.71 Å². The van der Waals surface area contributed by atoms with Crippen molar-refractivity contribution in [1.82, 2.24) is 0 Å². The van der Waals surface area contributed by atoms with Crippen LogP contribution < -0.4 is 24.8 Å². The molecule has 3 heteroatoms. The second kappa shape index (κ2) is 17.0. The van der Waals surface area contributed by atoms with Gasteiger partial charge in [-0.1, -0.05) is 127 Å². The summed E-state index contributed by atoms with van der Waals surface area (Å²) in [6.45, 7) is 24.7. The largest absolute Gasteiger partial charge is 1.00 e. The third-order valence-corrected chi connectivity index (χ3v) is 9.55. The number of hydrogen-bond acceptors (Lipinski definition) is 0. The minimum Gasteiger partial charge on any atom is -1.00 e. The molecule has 0 bridgehead atoms. The SMILES string of the molecule is CC(C)(C)c1ccc([CH]=[Zr+2])cc1.CC(C)(C)c1ccc2[cH-]c3ccc(C(C)(C)C)cc3c2c1.CC1=[C-]C(C)C=C1c1ccccc1.[Cl-].[Cl-]. The summed E-state index contributed by atoms with van der Waals surface area (Å²) in [5.74, 6) is 0.468. The molecular weight excluding hydrogens is 703 g/mol.